The first-order valence-corrected chi connectivity index (χ1v) is 11.3. The van der Waals surface area contributed by atoms with E-state index >= 15 is 0 Å². The van der Waals surface area contributed by atoms with E-state index in [2.05, 4.69) is 31.9 Å². The highest BCUT2D eigenvalue weighted by atomic mass is 79.9. The van der Waals surface area contributed by atoms with Gasteiger partial charge in [0.15, 0.2) is 0 Å². The van der Waals surface area contributed by atoms with Gasteiger partial charge < -0.3 is 19.1 Å². The van der Waals surface area contributed by atoms with Crippen LogP contribution in [0.2, 0.25) is 0 Å². The maximum absolute atomic E-state index is 13.0. The minimum absolute atomic E-state index is 0.0346. The van der Waals surface area contributed by atoms with Crippen LogP contribution in [0.5, 0.6) is 0 Å². The van der Waals surface area contributed by atoms with Gasteiger partial charge in [0.2, 0.25) is 0 Å². The third-order valence-electron chi connectivity index (χ3n) is 4.87. The van der Waals surface area contributed by atoms with Crippen LogP contribution in [0.4, 0.5) is 5.69 Å². The summed E-state index contributed by atoms with van der Waals surface area (Å²) in [6.07, 6.45) is 0. The van der Waals surface area contributed by atoms with Crippen molar-refractivity contribution >= 4 is 55.5 Å². The third-order valence-corrected chi connectivity index (χ3v) is 5.94. The van der Waals surface area contributed by atoms with Crippen LogP contribution in [-0.2, 0) is 28.6 Å². The smallest absolute Gasteiger partial charge is 0.336 e. The first kappa shape index (κ1) is 25.5. The van der Waals surface area contributed by atoms with E-state index < -0.39 is 28.7 Å². The van der Waals surface area contributed by atoms with Crippen molar-refractivity contribution in [2.45, 2.75) is 5.92 Å². The number of carbonyl (C=O) groups excluding carboxylic acids is 3. The Morgan fingerprint density at radius 3 is 1.88 bits per heavy atom. The van der Waals surface area contributed by atoms with Crippen molar-refractivity contribution in [2.75, 3.05) is 38.5 Å². The molecule has 0 spiro atoms. The van der Waals surface area contributed by atoms with Crippen LogP contribution in [0, 0.1) is 10.1 Å². The Morgan fingerprint density at radius 1 is 0.969 bits per heavy atom. The number of nitro groups is 1. The average Bonchev–Trinajstić information content (AvgIpc) is 2.81. The molecule has 0 aromatic heterocycles. The lowest BCUT2D eigenvalue weighted by Crippen LogP contribution is -2.40. The summed E-state index contributed by atoms with van der Waals surface area (Å²) in [4.78, 5) is 50.6. The SMILES string of the molecule is COC(=O)CN1C(CBr)=C(C(=O)OC)C(c2ccccc2[N+](=O)[O-])C(C(=O)OC)=C1CBr. The lowest BCUT2D eigenvalue weighted by Gasteiger charge is -2.38. The van der Waals surface area contributed by atoms with E-state index in [1.165, 1.54) is 30.2 Å². The van der Waals surface area contributed by atoms with Gasteiger partial charge in [-0.2, -0.15) is 0 Å². The van der Waals surface area contributed by atoms with Crippen molar-refractivity contribution in [3.8, 4) is 0 Å². The second kappa shape index (κ2) is 11.2. The normalized spacial score (nSPS) is 14.3. The van der Waals surface area contributed by atoms with Gasteiger partial charge in [-0.1, -0.05) is 50.1 Å². The van der Waals surface area contributed by atoms with Crippen molar-refractivity contribution in [1.29, 1.82) is 0 Å². The minimum atomic E-state index is -1.18. The van der Waals surface area contributed by atoms with E-state index in [0.717, 1.165) is 14.2 Å². The third kappa shape index (κ3) is 4.85. The summed E-state index contributed by atoms with van der Waals surface area (Å²) < 4.78 is 14.7. The number of para-hydroxylation sites is 1. The number of rotatable bonds is 8. The topological polar surface area (TPSA) is 125 Å². The molecule has 32 heavy (non-hydrogen) atoms. The Balaban J connectivity index is 3.00. The molecule has 0 aliphatic carbocycles. The van der Waals surface area contributed by atoms with Gasteiger partial charge in [0, 0.05) is 33.7 Å². The zero-order valence-electron chi connectivity index (χ0n) is 17.4. The van der Waals surface area contributed by atoms with Crippen molar-refractivity contribution in [3.63, 3.8) is 0 Å². The number of allylic oxidation sites excluding steroid dienone is 2. The molecule has 10 nitrogen and oxygen atoms in total. The number of hydrogen-bond donors (Lipinski definition) is 0. The molecule has 1 aliphatic heterocycles. The Morgan fingerprint density at radius 2 is 1.47 bits per heavy atom. The number of benzene rings is 1. The van der Waals surface area contributed by atoms with E-state index in [0.29, 0.717) is 11.4 Å². The van der Waals surface area contributed by atoms with Crippen molar-refractivity contribution in [2.24, 2.45) is 0 Å². The lowest BCUT2D eigenvalue weighted by molar-refractivity contribution is -0.385. The molecule has 12 heteroatoms. The number of nitro benzene ring substituents is 1. The number of nitrogens with zero attached hydrogens (tertiary/aromatic N) is 2. The first-order valence-electron chi connectivity index (χ1n) is 9.09. The number of methoxy groups -OCH3 is 3. The molecule has 0 fully saturated rings. The van der Waals surface area contributed by atoms with Crippen LogP contribution < -0.4 is 0 Å². The highest BCUT2D eigenvalue weighted by Crippen LogP contribution is 2.46. The number of ether oxygens (including phenoxy) is 3. The summed E-state index contributed by atoms with van der Waals surface area (Å²) in [5, 5.41) is 11.9. The summed E-state index contributed by atoms with van der Waals surface area (Å²) in [6.45, 7) is -0.317. The van der Waals surface area contributed by atoms with Gasteiger partial charge in [-0.15, -0.1) is 0 Å². The standard InChI is InChI=1S/C20H20Br2N2O8/c1-30-15(25)10-23-13(8-21)17(19(26)31-2)16(18(14(23)9-22)20(27)32-3)11-6-4-5-7-12(11)24(28)29/h4-7,16H,8-10H2,1-3H3. The maximum Gasteiger partial charge on any atom is 0.336 e. The van der Waals surface area contributed by atoms with Crippen molar-refractivity contribution < 1.29 is 33.5 Å². The van der Waals surface area contributed by atoms with Crippen LogP contribution >= 0.6 is 31.9 Å². The van der Waals surface area contributed by atoms with Crippen LogP contribution in [0.15, 0.2) is 46.8 Å². The predicted octanol–water partition coefficient (Wildman–Crippen LogP) is 2.81. The molecule has 2 rings (SSSR count). The average molecular weight is 576 g/mol. The fourth-order valence-corrected chi connectivity index (χ4v) is 4.71. The summed E-state index contributed by atoms with van der Waals surface area (Å²) in [5.41, 5.74) is 0.345. The van der Waals surface area contributed by atoms with E-state index in [1.807, 2.05) is 0 Å². The molecular formula is C20H20Br2N2O8. The lowest BCUT2D eigenvalue weighted by atomic mass is 9.79. The van der Waals surface area contributed by atoms with Crippen LogP contribution in [-0.4, -0.2) is 66.3 Å². The number of carbonyl (C=O) groups is 3. The van der Waals surface area contributed by atoms with Gasteiger partial charge in [-0.3, -0.25) is 14.9 Å². The number of alkyl halides is 2. The van der Waals surface area contributed by atoms with Gasteiger partial charge in [0.05, 0.1) is 43.3 Å². The van der Waals surface area contributed by atoms with Gasteiger partial charge in [0.25, 0.3) is 5.69 Å². The van der Waals surface area contributed by atoms with Crippen molar-refractivity contribution in [3.05, 3.63) is 62.5 Å². The Kier molecular flexibility index (Phi) is 8.96. The van der Waals surface area contributed by atoms with E-state index in [-0.39, 0.29) is 39.6 Å². The summed E-state index contributed by atoms with van der Waals surface area (Å²) in [6, 6.07) is 5.78. The molecular weight excluding hydrogens is 556 g/mol. The molecule has 0 unspecified atom stereocenters. The molecule has 0 N–H and O–H groups in total. The number of halogens is 2. The number of esters is 3. The Bertz CT molecular complexity index is 963. The quantitative estimate of drug-likeness (QED) is 0.151. The van der Waals surface area contributed by atoms with Gasteiger partial charge in [-0.25, -0.2) is 9.59 Å². The summed E-state index contributed by atoms with van der Waals surface area (Å²) >= 11 is 6.66. The predicted molar refractivity (Wildman–Crippen MR) is 120 cm³/mol. The highest BCUT2D eigenvalue weighted by Gasteiger charge is 2.44. The molecule has 0 radical (unpaired) electrons. The van der Waals surface area contributed by atoms with Gasteiger partial charge in [0.1, 0.15) is 6.54 Å². The van der Waals surface area contributed by atoms with E-state index in [1.54, 1.807) is 6.07 Å². The minimum Gasteiger partial charge on any atom is -0.468 e. The molecule has 1 aromatic rings. The van der Waals surface area contributed by atoms with E-state index in [9.17, 15) is 24.5 Å². The fourth-order valence-electron chi connectivity index (χ4n) is 3.50. The zero-order chi connectivity index (χ0) is 24.0. The fraction of sp³-hybridized carbons (Fsp3) is 0.350. The molecule has 0 amide bonds. The molecule has 0 saturated carbocycles. The second-order valence-electron chi connectivity index (χ2n) is 6.38. The molecule has 172 valence electrons. The molecule has 0 atom stereocenters. The van der Waals surface area contributed by atoms with Crippen LogP contribution in [0.3, 0.4) is 0 Å². The summed E-state index contributed by atoms with van der Waals surface area (Å²) in [7, 11) is 3.52. The van der Waals surface area contributed by atoms with Gasteiger partial charge >= 0.3 is 17.9 Å². The first-order chi connectivity index (χ1) is 15.3. The Labute approximate surface area is 200 Å². The highest BCUT2D eigenvalue weighted by molar-refractivity contribution is 9.09. The number of hydrogen-bond acceptors (Lipinski definition) is 9. The molecule has 0 bridgehead atoms. The Hall–Kier alpha value is -2.73. The molecule has 1 aromatic carbocycles. The second-order valence-corrected chi connectivity index (χ2v) is 7.50. The maximum atomic E-state index is 13.0. The van der Waals surface area contributed by atoms with Gasteiger partial charge in [-0.05, 0) is 0 Å². The van der Waals surface area contributed by atoms with Crippen LogP contribution in [0.1, 0.15) is 11.5 Å². The van der Waals surface area contributed by atoms with Crippen LogP contribution in [0.25, 0.3) is 0 Å². The molecule has 1 aliphatic rings. The zero-order valence-corrected chi connectivity index (χ0v) is 20.6. The molecule has 0 saturated heterocycles. The van der Waals surface area contributed by atoms with Crippen molar-refractivity contribution in [1.82, 2.24) is 4.90 Å². The molecule has 1 heterocycles. The summed E-state index contributed by atoms with van der Waals surface area (Å²) in [5.74, 6) is -3.43. The monoisotopic (exact) mass is 574 g/mol. The van der Waals surface area contributed by atoms with E-state index in [4.69, 9.17) is 14.2 Å². The largest absolute Gasteiger partial charge is 0.468 e.